The van der Waals surface area contributed by atoms with Gasteiger partial charge in [-0.05, 0) is 49.9 Å². The van der Waals surface area contributed by atoms with Crippen molar-refractivity contribution in [3.05, 3.63) is 90.5 Å². The van der Waals surface area contributed by atoms with Crippen molar-refractivity contribution in [1.82, 2.24) is 29.5 Å². The van der Waals surface area contributed by atoms with Crippen molar-refractivity contribution < 1.29 is 22.4 Å². The van der Waals surface area contributed by atoms with Crippen LogP contribution in [-0.4, -0.2) is 41.8 Å². The Morgan fingerprint density at radius 2 is 1.44 bits per heavy atom. The lowest BCUT2D eigenvalue weighted by Gasteiger charge is -2.09. The number of nitrogen functional groups attached to an aromatic ring is 1. The molecule has 0 amide bonds. The number of carbonyl (C=O) groups is 1. The summed E-state index contributed by atoms with van der Waals surface area (Å²) in [5, 5.41) is 2.85. The molecular formula is C28H24F4N8O. The van der Waals surface area contributed by atoms with E-state index in [4.69, 9.17) is 5.73 Å². The quantitative estimate of drug-likeness (QED) is 0.163. The molecule has 2 aliphatic carbocycles. The maximum Gasteiger partial charge on any atom is 0.184 e. The molecular weight excluding hydrogens is 540 g/mol. The van der Waals surface area contributed by atoms with E-state index < -0.39 is 23.3 Å². The summed E-state index contributed by atoms with van der Waals surface area (Å²) < 4.78 is 55.3. The highest BCUT2D eigenvalue weighted by Crippen LogP contribution is 2.42. The second-order valence-electron chi connectivity index (χ2n) is 9.43. The fourth-order valence-electron chi connectivity index (χ4n) is 3.94. The molecule has 2 aliphatic rings. The van der Waals surface area contributed by atoms with E-state index in [-0.39, 0.29) is 29.0 Å². The average molecular weight is 565 g/mol. The van der Waals surface area contributed by atoms with Crippen molar-refractivity contribution >= 4 is 28.7 Å². The SMILES string of the molecule is Fc1ccc2nc(-c3cncnc3)n(C3CC3)c2c1F.Nc1ccc(F)c(F)c1NC1CC1.O=Cc1cncnc1. The largest absolute Gasteiger partial charge is 0.397 e. The number of aromatic nitrogens is 6. The number of nitrogens with two attached hydrogens (primary N) is 1. The molecule has 0 bridgehead atoms. The summed E-state index contributed by atoms with van der Waals surface area (Å²) in [6.07, 6.45) is 13.6. The highest BCUT2D eigenvalue weighted by molar-refractivity contribution is 5.81. The van der Waals surface area contributed by atoms with Crippen molar-refractivity contribution in [2.75, 3.05) is 11.1 Å². The van der Waals surface area contributed by atoms with E-state index in [0.29, 0.717) is 28.8 Å². The molecule has 41 heavy (non-hydrogen) atoms. The minimum atomic E-state index is -0.882. The lowest BCUT2D eigenvalue weighted by Crippen LogP contribution is -2.07. The van der Waals surface area contributed by atoms with E-state index >= 15 is 0 Å². The highest BCUT2D eigenvalue weighted by Gasteiger charge is 2.31. The van der Waals surface area contributed by atoms with Crippen LogP contribution in [0.3, 0.4) is 0 Å². The highest BCUT2D eigenvalue weighted by atomic mass is 19.2. The van der Waals surface area contributed by atoms with Gasteiger partial charge in [0.1, 0.15) is 24.0 Å². The van der Waals surface area contributed by atoms with Crippen molar-refractivity contribution in [2.24, 2.45) is 0 Å². The molecule has 13 heteroatoms. The van der Waals surface area contributed by atoms with Crippen LogP contribution in [0.1, 0.15) is 42.1 Å². The van der Waals surface area contributed by atoms with Gasteiger partial charge >= 0.3 is 0 Å². The zero-order valence-corrected chi connectivity index (χ0v) is 21.5. The first kappa shape index (κ1) is 27.6. The van der Waals surface area contributed by atoms with Gasteiger partial charge in [0.15, 0.2) is 29.6 Å². The molecule has 2 fully saturated rings. The number of nitrogens with zero attached hydrogens (tertiary/aromatic N) is 6. The second kappa shape index (κ2) is 12.1. The maximum atomic E-state index is 14.1. The molecule has 3 N–H and O–H groups in total. The van der Waals surface area contributed by atoms with Gasteiger partial charge in [-0.2, -0.15) is 0 Å². The summed E-state index contributed by atoms with van der Waals surface area (Å²) in [5.41, 5.74) is 7.74. The van der Waals surface area contributed by atoms with Crippen LogP contribution in [-0.2, 0) is 0 Å². The minimum Gasteiger partial charge on any atom is -0.397 e. The second-order valence-corrected chi connectivity index (χ2v) is 9.43. The number of benzene rings is 2. The van der Waals surface area contributed by atoms with Crippen molar-refractivity contribution in [1.29, 1.82) is 0 Å². The normalized spacial score (nSPS) is 14.0. The number of hydrogen-bond donors (Lipinski definition) is 2. The van der Waals surface area contributed by atoms with Crippen LogP contribution in [0.4, 0.5) is 28.9 Å². The summed E-state index contributed by atoms with van der Waals surface area (Å²) >= 11 is 0. The van der Waals surface area contributed by atoms with Gasteiger partial charge in [-0.1, -0.05) is 0 Å². The molecule has 3 aromatic heterocycles. The Hall–Kier alpha value is -4.94. The Labute approximate surface area is 231 Å². The standard InChI is InChI=1S/C14H10F2N4.C9H10F2N2.C5H4N2O/c15-10-3-4-11-13(12(10)16)20(9-1-2-9)14(19-11)8-5-17-7-18-6-8;10-6-3-4-7(12)9(8(6)11)13-5-1-2-5;8-3-5-1-6-4-7-2-5/h3-7,9H,1-2H2;3-5,13H,1-2,12H2;1-4H. The zero-order chi connectivity index (χ0) is 28.9. The Bertz CT molecular complexity index is 1660. The number of imidazole rings is 1. The third-order valence-corrected chi connectivity index (χ3v) is 6.24. The lowest BCUT2D eigenvalue weighted by atomic mass is 10.2. The van der Waals surface area contributed by atoms with Gasteiger partial charge < -0.3 is 15.6 Å². The van der Waals surface area contributed by atoms with E-state index in [1.54, 1.807) is 17.0 Å². The van der Waals surface area contributed by atoms with Crippen LogP contribution in [0, 0.1) is 23.3 Å². The first-order chi connectivity index (χ1) is 19.9. The molecule has 2 saturated carbocycles. The Morgan fingerprint density at radius 1 is 0.829 bits per heavy atom. The van der Waals surface area contributed by atoms with Crippen LogP contribution in [0.2, 0.25) is 0 Å². The molecule has 2 aromatic carbocycles. The van der Waals surface area contributed by atoms with E-state index in [1.165, 1.54) is 37.2 Å². The molecule has 0 aliphatic heterocycles. The zero-order valence-electron chi connectivity index (χ0n) is 21.5. The smallest absolute Gasteiger partial charge is 0.184 e. The molecule has 0 spiro atoms. The van der Waals surface area contributed by atoms with Gasteiger partial charge in [0, 0.05) is 36.9 Å². The molecule has 0 radical (unpaired) electrons. The van der Waals surface area contributed by atoms with E-state index in [2.05, 4.69) is 30.2 Å². The van der Waals surface area contributed by atoms with Crippen LogP contribution in [0.15, 0.2) is 61.7 Å². The molecule has 3 heterocycles. The summed E-state index contributed by atoms with van der Waals surface area (Å²) in [6, 6.07) is 5.43. The number of nitrogens with one attached hydrogen (secondary N) is 1. The number of rotatable bonds is 5. The number of carbonyl (C=O) groups excluding carboxylic acids is 1. The van der Waals surface area contributed by atoms with Gasteiger partial charge in [0.25, 0.3) is 0 Å². The van der Waals surface area contributed by atoms with Gasteiger partial charge in [-0.25, -0.2) is 42.5 Å². The Kier molecular flexibility index (Phi) is 8.13. The molecule has 5 aromatic rings. The first-order valence-corrected chi connectivity index (χ1v) is 12.7. The van der Waals surface area contributed by atoms with Crippen LogP contribution < -0.4 is 11.1 Å². The van der Waals surface area contributed by atoms with Crippen molar-refractivity contribution in [3.63, 3.8) is 0 Å². The average Bonchev–Trinajstić information content (AvgIpc) is 3.95. The summed E-state index contributed by atoms with van der Waals surface area (Å²) in [5.74, 6) is -2.85. The summed E-state index contributed by atoms with van der Waals surface area (Å²) in [4.78, 5) is 29.5. The van der Waals surface area contributed by atoms with Gasteiger partial charge in [-0.3, -0.25) is 4.79 Å². The van der Waals surface area contributed by atoms with Gasteiger partial charge in [0.05, 0.1) is 28.0 Å². The monoisotopic (exact) mass is 564 g/mol. The minimum absolute atomic E-state index is 0.0995. The molecule has 0 saturated heterocycles. The number of halogens is 4. The van der Waals surface area contributed by atoms with Crippen molar-refractivity contribution in [3.8, 4) is 11.4 Å². The number of aldehydes is 1. The third-order valence-electron chi connectivity index (χ3n) is 6.24. The molecule has 210 valence electrons. The number of fused-ring (bicyclic) bond motifs is 1. The first-order valence-electron chi connectivity index (χ1n) is 12.7. The Morgan fingerprint density at radius 3 is 2.02 bits per heavy atom. The number of anilines is 2. The number of hydrogen-bond acceptors (Lipinski definition) is 8. The molecule has 0 unspecified atom stereocenters. The molecule has 7 rings (SSSR count). The topological polar surface area (TPSA) is 124 Å². The van der Waals surface area contributed by atoms with Crippen molar-refractivity contribution in [2.45, 2.75) is 37.8 Å². The molecule has 0 atom stereocenters. The van der Waals surface area contributed by atoms with Crippen LogP contribution in [0.5, 0.6) is 0 Å². The summed E-state index contributed by atoms with van der Waals surface area (Å²) in [7, 11) is 0. The summed E-state index contributed by atoms with van der Waals surface area (Å²) in [6.45, 7) is 0. The predicted octanol–water partition coefficient (Wildman–Crippen LogP) is 5.52. The van der Waals surface area contributed by atoms with Crippen LogP contribution >= 0.6 is 0 Å². The Balaban J connectivity index is 0.000000138. The van der Waals surface area contributed by atoms with Crippen LogP contribution in [0.25, 0.3) is 22.4 Å². The third kappa shape index (κ3) is 6.45. The van der Waals surface area contributed by atoms with E-state index in [9.17, 15) is 22.4 Å². The fourth-order valence-corrected chi connectivity index (χ4v) is 3.94. The predicted molar refractivity (Wildman–Crippen MR) is 144 cm³/mol. The van der Waals surface area contributed by atoms with Gasteiger partial charge in [0.2, 0.25) is 0 Å². The fraction of sp³-hybridized carbons (Fsp3) is 0.214. The lowest BCUT2D eigenvalue weighted by molar-refractivity contribution is 0.112. The maximum absolute atomic E-state index is 14.1. The van der Waals surface area contributed by atoms with Gasteiger partial charge in [-0.15, -0.1) is 0 Å². The molecule has 9 nitrogen and oxygen atoms in total. The van der Waals surface area contributed by atoms with E-state index in [1.807, 2.05) is 0 Å². The van der Waals surface area contributed by atoms with E-state index in [0.717, 1.165) is 37.8 Å².